The fourth-order valence-electron chi connectivity index (χ4n) is 4.32. The fraction of sp³-hybridized carbons (Fsp3) is 1.00. The standard InChI is InChI=1S/C17H34N2/c1-4-9-16-13-19(14(3)12-18-16)17(5-2)15-10-7-6-8-11-15/h14-18H,4-13H2,1-3H3. The third kappa shape index (κ3) is 3.95. The maximum Gasteiger partial charge on any atom is 0.0196 e. The summed E-state index contributed by atoms with van der Waals surface area (Å²) < 4.78 is 0. The topological polar surface area (TPSA) is 15.3 Å². The van der Waals surface area contributed by atoms with Crippen molar-refractivity contribution in [1.29, 1.82) is 0 Å². The SMILES string of the molecule is CCCC1CN(C(CC)C2CCCCC2)C(C)CN1. The first-order valence-electron chi connectivity index (χ1n) is 8.75. The predicted molar refractivity (Wildman–Crippen MR) is 83.5 cm³/mol. The van der Waals surface area contributed by atoms with Gasteiger partial charge in [-0.3, -0.25) is 4.90 Å². The van der Waals surface area contributed by atoms with Gasteiger partial charge in [-0.2, -0.15) is 0 Å². The second kappa shape index (κ2) is 7.64. The van der Waals surface area contributed by atoms with Crippen molar-refractivity contribution >= 4 is 0 Å². The lowest BCUT2D eigenvalue weighted by molar-refractivity contribution is 0.0429. The van der Waals surface area contributed by atoms with Gasteiger partial charge in [0.15, 0.2) is 0 Å². The van der Waals surface area contributed by atoms with Crippen LogP contribution in [0.2, 0.25) is 0 Å². The van der Waals surface area contributed by atoms with E-state index in [0.29, 0.717) is 0 Å². The third-order valence-electron chi connectivity index (χ3n) is 5.37. The molecule has 3 atom stereocenters. The zero-order valence-corrected chi connectivity index (χ0v) is 13.3. The molecule has 2 fully saturated rings. The second-order valence-electron chi connectivity index (χ2n) is 6.81. The number of nitrogens with one attached hydrogen (secondary N) is 1. The highest BCUT2D eigenvalue weighted by molar-refractivity contribution is 4.90. The van der Waals surface area contributed by atoms with Gasteiger partial charge in [-0.1, -0.05) is 39.5 Å². The number of hydrogen-bond acceptors (Lipinski definition) is 2. The van der Waals surface area contributed by atoms with E-state index in [2.05, 4.69) is 31.0 Å². The van der Waals surface area contributed by atoms with Gasteiger partial charge in [0.1, 0.15) is 0 Å². The van der Waals surface area contributed by atoms with Crippen LogP contribution >= 0.6 is 0 Å². The summed E-state index contributed by atoms with van der Waals surface area (Å²) in [5.74, 6) is 0.974. The number of rotatable bonds is 5. The molecule has 19 heavy (non-hydrogen) atoms. The molecule has 0 radical (unpaired) electrons. The zero-order chi connectivity index (χ0) is 13.7. The lowest BCUT2D eigenvalue weighted by atomic mass is 9.81. The molecule has 1 saturated heterocycles. The van der Waals surface area contributed by atoms with Crippen molar-refractivity contribution in [2.24, 2.45) is 5.92 Å². The summed E-state index contributed by atoms with van der Waals surface area (Å²) in [7, 11) is 0. The first kappa shape index (κ1) is 15.3. The fourth-order valence-corrected chi connectivity index (χ4v) is 4.32. The molecule has 1 aliphatic carbocycles. The molecular formula is C17H34N2. The maximum atomic E-state index is 3.74. The van der Waals surface area contributed by atoms with Crippen molar-refractivity contribution in [1.82, 2.24) is 10.2 Å². The minimum absolute atomic E-state index is 0.722. The van der Waals surface area contributed by atoms with Crippen LogP contribution in [0.4, 0.5) is 0 Å². The van der Waals surface area contributed by atoms with Gasteiger partial charge in [-0.25, -0.2) is 0 Å². The van der Waals surface area contributed by atoms with Crippen molar-refractivity contribution in [2.45, 2.75) is 90.3 Å². The van der Waals surface area contributed by atoms with Crippen LogP contribution in [0.5, 0.6) is 0 Å². The van der Waals surface area contributed by atoms with E-state index >= 15 is 0 Å². The molecule has 1 heterocycles. The Bertz CT molecular complexity index is 248. The second-order valence-corrected chi connectivity index (χ2v) is 6.81. The molecular weight excluding hydrogens is 232 g/mol. The lowest BCUT2D eigenvalue weighted by Gasteiger charge is -2.46. The predicted octanol–water partition coefficient (Wildman–Crippen LogP) is 3.81. The Morgan fingerprint density at radius 2 is 1.89 bits per heavy atom. The lowest BCUT2D eigenvalue weighted by Crippen LogP contribution is -2.59. The van der Waals surface area contributed by atoms with Crippen molar-refractivity contribution in [3.05, 3.63) is 0 Å². The van der Waals surface area contributed by atoms with E-state index in [9.17, 15) is 0 Å². The highest BCUT2D eigenvalue weighted by Crippen LogP contribution is 2.32. The van der Waals surface area contributed by atoms with E-state index in [1.165, 1.54) is 64.5 Å². The van der Waals surface area contributed by atoms with Crippen molar-refractivity contribution in [3.8, 4) is 0 Å². The van der Waals surface area contributed by atoms with E-state index < -0.39 is 0 Å². The molecule has 1 aliphatic heterocycles. The highest BCUT2D eigenvalue weighted by atomic mass is 15.3. The van der Waals surface area contributed by atoms with Crippen molar-refractivity contribution in [3.63, 3.8) is 0 Å². The summed E-state index contributed by atoms with van der Waals surface area (Å²) in [5, 5.41) is 3.74. The quantitative estimate of drug-likeness (QED) is 0.814. The van der Waals surface area contributed by atoms with Crippen LogP contribution in [-0.4, -0.2) is 36.1 Å². The zero-order valence-electron chi connectivity index (χ0n) is 13.3. The van der Waals surface area contributed by atoms with E-state index in [1.807, 2.05) is 0 Å². The molecule has 0 spiro atoms. The van der Waals surface area contributed by atoms with Gasteiger partial charge in [0, 0.05) is 31.2 Å². The average Bonchev–Trinajstić information content (AvgIpc) is 2.44. The normalized spacial score (nSPS) is 32.4. The van der Waals surface area contributed by atoms with Gasteiger partial charge in [0.25, 0.3) is 0 Å². The summed E-state index contributed by atoms with van der Waals surface area (Å²) in [6.07, 6.45) is 11.4. The van der Waals surface area contributed by atoms with Crippen LogP contribution in [0, 0.1) is 5.92 Å². The molecule has 0 bridgehead atoms. The largest absolute Gasteiger partial charge is 0.311 e. The molecule has 112 valence electrons. The van der Waals surface area contributed by atoms with Crippen LogP contribution in [0.15, 0.2) is 0 Å². The van der Waals surface area contributed by atoms with Gasteiger partial charge in [-0.05, 0) is 38.5 Å². The van der Waals surface area contributed by atoms with Gasteiger partial charge < -0.3 is 5.32 Å². The van der Waals surface area contributed by atoms with Gasteiger partial charge in [0.05, 0.1) is 0 Å². The molecule has 1 N–H and O–H groups in total. The maximum absolute atomic E-state index is 3.74. The van der Waals surface area contributed by atoms with Crippen molar-refractivity contribution in [2.75, 3.05) is 13.1 Å². The minimum Gasteiger partial charge on any atom is -0.311 e. The summed E-state index contributed by atoms with van der Waals surface area (Å²) in [4.78, 5) is 2.85. The first-order chi connectivity index (χ1) is 9.26. The summed E-state index contributed by atoms with van der Waals surface area (Å²) in [5.41, 5.74) is 0. The highest BCUT2D eigenvalue weighted by Gasteiger charge is 2.33. The van der Waals surface area contributed by atoms with Crippen LogP contribution in [0.1, 0.15) is 72.1 Å². The molecule has 0 aromatic carbocycles. The number of hydrogen-bond donors (Lipinski definition) is 1. The Morgan fingerprint density at radius 1 is 1.16 bits per heavy atom. The van der Waals surface area contributed by atoms with Gasteiger partial charge in [0.2, 0.25) is 0 Å². The van der Waals surface area contributed by atoms with Gasteiger partial charge >= 0.3 is 0 Å². The first-order valence-corrected chi connectivity index (χ1v) is 8.75. The van der Waals surface area contributed by atoms with E-state index in [-0.39, 0.29) is 0 Å². The Balaban J connectivity index is 1.97. The molecule has 2 nitrogen and oxygen atoms in total. The minimum atomic E-state index is 0.722. The Morgan fingerprint density at radius 3 is 2.53 bits per heavy atom. The molecule has 0 aromatic rings. The number of piperazine rings is 1. The molecule has 2 rings (SSSR count). The van der Waals surface area contributed by atoms with E-state index in [1.54, 1.807) is 0 Å². The summed E-state index contributed by atoms with van der Waals surface area (Å²) in [6.45, 7) is 9.60. The molecule has 0 aromatic heterocycles. The van der Waals surface area contributed by atoms with Crippen LogP contribution < -0.4 is 5.32 Å². The smallest absolute Gasteiger partial charge is 0.0196 e. The van der Waals surface area contributed by atoms with Crippen LogP contribution in [0.25, 0.3) is 0 Å². The Kier molecular flexibility index (Phi) is 6.15. The molecule has 2 heteroatoms. The third-order valence-corrected chi connectivity index (χ3v) is 5.37. The Hall–Kier alpha value is -0.0800. The molecule has 1 saturated carbocycles. The Labute approximate surface area is 120 Å². The van der Waals surface area contributed by atoms with Crippen molar-refractivity contribution < 1.29 is 0 Å². The van der Waals surface area contributed by atoms with Crippen LogP contribution in [0.3, 0.4) is 0 Å². The summed E-state index contributed by atoms with van der Waals surface area (Å²) >= 11 is 0. The average molecular weight is 266 g/mol. The monoisotopic (exact) mass is 266 g/mol. The number of nitrogens with zero attached hydrogens (tertiary/aromatic N) is 1. The van der Waals surface area contributed by atoms with E-state index in [0.717, 1.165) is 24.0 Å². The van der Waals surface area contributed by atoms with Crippen LogP contribution in [-0.2, 0) is 0 Å². The van der Waals surface area contributed by atoms with Gasteiger partial charge in [-0.15, -0.1) is 0 Å². The molecule has 0 amide bonds. The summed E-state index contributed by atoms with van der Waals surface area (Å²) in [6, 6.07) is 2.30. The molecule has 3 unspecified atom stereocenters. The molecule has 2 aliphatic rings. The van der Waals surface area contributed by atoms with E-state index in [4.69, 9.17) is 0 Å².